The van der Waals surface area contributed by atoms with Gasteiger partial charge in [-0.15, -0.1) is 0 Å². The van der Waals surface area contributed by atoms with Gasteiger partial charge in [-0.05, 0) is 25.7 Å². The van der Waals surface area contributed by atoms with Gasteiger partial charge in [0.05, 0.1) is 10.7 Å². The maximum Gasteiger partial charge on any atom is 0.214 e. The topological polar surface area (TPSA) is 63.4 Å². The van der Waals surface area contributed by atoms with Gasteiger partial charge in [-0.3, -0.25) is 0 Å². The molecule has 6 heteroatoms. The highest BCUT2D eigenvalue weighted by Crippen LogP contribution is 2.26. The van der Waals surface area contributed by atoms with E-state index in [0.29, 0.717) is 17.3 Å². The molecule has 0 aromatic carbocycles. The van der Waals surface area contributed by atoms with Gasteiger partial charge in [0.25, 0.3) is 0 Å². The first-order chi connectivity index (χ1) is 8.33. The van der Waals surface area contributed by atoms with E-state index in [9.17, 15) is 8.42 Å². The zero-order chi connectivity index (χ0) is 13.8. The Balaban J connectivity index is 2.58. The van der Waals surface area contributed by atoms with Gasteiger partial charge in [-0.25, -0.2) is 12.7 Å². The molecule has 1 saturated carbocycles. The molecule has 1 unspecified atom stereocenters. The first kappa shape index (κ1) is 15.9. The van der Waals surface area contributed by atoms with Crippen molar-refractivity contribution in [3.63, 3.8) is 0 Å². The molecule has 1 rings (SSSR count). The molecule has 18 heavy (non-hydrogen) atoms. The SMILES string of the molecule is CC(CC(N)=S)N(C)S(=O)(=O)CC1CCCCC1. The minimum absolute atomic E-state index is 0.156. The van der Waals surface area contributed by atoms with Crippen LogP contribution in [-0.4, -0.2) is 36.6 Å². The predicted octanol–water partition coefficient (Wildman–Crippen LogP) is 1.89. The number of hydrogen-bond donors (Lipinski definition) is 1. The Morgan fingerprint density at radius 3 is 2.44 bits per heavy atom. The standard InChI is InChI=1S/C12H24N2O2S2/c1-10(8-12(13)17)14(2)18(15,16)9-11-6-4-3-5-7-11/h10-11H,3-9H2,1-2H3,(H2,13,17). The minimum Gasteiger partial charge on any atom is -0.393 e. The molecular formula is C12H24N2O2S2. The first-order valence-corrected chi connectivity index (χ1v) is 8.58. The van der Waals surface area contributed by atoms with Crippen LogP contribution in [0, 0.1) is 5.92 Å². The van der Waals surface area contributed by atoms with E-state index in [1.807, 2.05) is 6.92 Å². The Bertz CT molecular complexity index is 376. The van der Waals surface area contributed by atoms with Gasteiger partial charge in [-0.2, -0.15) is 0 Å². The summed E-state index contributed by atoms with van der Waals surface area (Å²) < 4.78 is 26.0. The maximum absolute atomic E-state index is 12.3. The number of nitrogens with two attached hydrogens (primary N) is 1. The summed E-state index contributed by atoms with van der Waals surface area (Å²) >= 11 is 4.83. The molecule has 0 aromatic rings. The van der Waals surface area contributed by atoms with Crippen LogP contribution in [0.4, 0.5) is 0 Å². The van der Waals surface area contributed by atoms with E-state index in [1.54, 1.807) is 7.05 Å². The second-order valence-corrected chi connectivity index (χ2v) is 7.92. The quantitative estimate of drug-likeness (QED) is 0.759. The maximum atomic E-state index is 12.3. The fourth-order valence-electron chi connectivity index (χ4n) is 2.46. The molecule has 0 amide bonds. The van der Waals surface area contributed by atoms with E-state index in [2.05, 4.69) is 0 Å². The molecule has 1 fully saturated rings. The van der Waals surface area contributed by atoms with E-state index in [4.69, 9.17) is 18.0 Å². The molecule has 106 valence electrons. The van der Waals surface area contributed by atoms with Crippen LogP contribution in [0.2, 0.25) is 0 Å². The number of thiocarbonyl (C=S) groups is 1. The summed E-state index contributed by atoms with van der Waals surface area (Å²) in [6.45, 7) is 1.84. The second kappa shape index (κ2) is 6.82. The van der Waals surface area contributed by atoms with E-state index < -0.39 is 10.0 Å². The average molecular weight is 292 g/mol. The lowest BCUT2D eigenvalue weighted by Crippen LogP contribution is -2.40. The smallest absolute Gasteiger partial charge is 0.214 e. The zero-order valence-electron chi connectivity index (χ0n) is 11.3. The molecule has 0 aliphatic heterocycles. The van der Waals surface area contributed by atoms with Gasteiger partial charge in [0.15, 0.2) is 0 Å². The second-order valence-electron chi connectivity index (χ2n) is 5.32. The van der Waals surface area contributed by atoms with Crippen molar-refractivity contribution >= 4 is 27.2 Å². The molecule has 1 aliphatic rings. The summed E-state index contributed by atoms with van der Waals surface area (Å²) in [4.78, 5) is 0.363. The van der Waals surface area contributed by atoms with Crippen molar-refractivity contribution in [3.05, 3.63) is 0 Å². The Morgan fingerprint density at radius 2 is 1.94 bits per heavy atom. The number of rotatable bonds is 6. The molecule has 2 N–H and O–H groups in total. The normalized spacial score (nSPS) is 19.9. The molecule has 0 spiro atoms. The van der Waals surface area contributed by atoms with Crippen LogP contribution >= 0.6 is 12.2 Å². The van der Waals surface area contributed by atoms with Crippen molar-refractivity contribution in [1.82, 2.24) is 4.31 Å². The molecule has 0 bridgehead atoms. The molecule has 0 radical (unpaired) electrons. The van der Waals surface area contributed by atoms with Gasteiger partial charge in [-0.1, -0.05) is 31.5 Å². The molecule has 4 nitrogen and oxygen atoms in total. The lowest BCUT2D eigenvalue weighted by atomic mass is 9.91. The molecule has 0 heterocycles. The van der Waals surface area contributed by atoms with E-state index in [1.165, 1.54) is 10.7 Å². The largest absolute Gasteiger partial charge is 0.393 e. The third-order valence-corrected chi connectivity index (χ3v) is 6.02. The Kier molecular flexibility index (Phi) is 6.01. The number of sulfonamides is 1. The van der Waals surface area contributed by atoms with Gasteiger partial charge < -0.3 is 5.73 Å². The van der Waals surface area contributed by atoms with Crippen LogP contribution in [0.3, 0.4) is 0 Å². The van der Waals surface area contributed by atoms with E-state index in [-0.39, 0.29) is 11.8 Å². The fraction of sp³-hybridized carbons (Fsp3) is 0.917. The summed E-state index contributed by atoms with van der Waals surface area (Å²) in [5.41, 5.74) is 5.47. The monoisotopic (exact) mass is 292 g/mol. The van der Waals surface area contributed by atoms with Gasteiger partial charge in [0.2, 0.25) is 10.0 Å². The predicted molar refractivity (Wildman–Crippen MR) is 79.0 cm³/mol. The minimum atomic E-state index is -3.19. The zero-order valence-corrected chi connectivity index (χ0v) is 12.9. The molecule has 0 aromatic heterocycles. The number of hydrogen-bond acceptors (Lipinski definition) is 3. The molecule has 0 saturated heterocycles. The summed E-state index contributed by atoms with van der Waals surface area (Å²) in [6, 6.07) is -0.156. The number of nitrogens with zero attached hydrogens (tertiary/aromatic N) is 1. The molecular weight excluding hydrogens is 268 g/mol. The van der Waals surface area contributed by atoms with Crippen LogP contribution in [-0.2, 0) is 10.0 Å². The van der Waals surface area contributed by atoms with Crippen LogP contribution in [0.1, 0.15) is 45.4 Å². The highest BCUT2D eigenvalue weighted by atomic mass is 32.2. The Morgan fingerprint density at radius 1 is 1.39 bits per heavy atom. The van der Waals surface area contributed by atoms with Crippen molar-refractivity contribution in [1.29, 1.82) is 0 Å². The van der Waals surface area contributed by atoms with Crippen molar-refractivity contribution in [2.75, 3.05) is 12.8 Å². The summed E-state index contributed by atoms with van der Waals surface area (Å²) in [6.07, 6.45) is 6.08. The Hall–Kier alpha value is -0.200. The fourth-order valence-corrected chi connectivity index (χ4v) is 4.49. The van der Waals surface area contributed by atoms with Gasteiger partial charge in [0.1, 0.15) is 0 Å². The van der Waals surface area contributed by atoms with E-state index in [0.717, 1.165) is 25.7 Å². The third-order valence-electron chi connectivity index (χ3n) is 3.73. The Labute approximate surface area is 116 Å². The summed E-state index contributed by atoms with van der Waals surface area (Å²) in [7, 11) is -1.56. The molecule has 1 atom stereocenters. The lowest BCUT2D eigenvalue weighted by molar-refractivity contribution is 0.360. The van der Waals surface area contributed by atoms with Crippen LogP contribution in [0.25, 0.3) is 0 Å². The third kappa shape index (κ3) is 4.82. The van der Waals surface area contributed by atoms with Crippen molar-refractivity contribution in [3.8, 4) is 0 Å². The summed E-state index contributed by atoms with van der Waals surface area (Å²) in [5.74, 6) is 0.591. The van der Waals surface area contributed by atoms with Gasteiger partial charge >= 0.3 is 0 Å². The van der Waals surface area contributed by atoms with Crippen LogP contribution < -0.4 is 5.73 Å². The van der Waals surface area contributed by atoms with Gasteiger partial charge in [0, 0.05) is 19.5 Å². The highest BCUT2D eigenvalue weighted by Gasteiger charge is 2.27. The average Bonchev–Trinajstić information content (AvgIpc) is 2.27. The van der Waals surface area contributed by atoms with Crippen molar-refractivity contribution in [2.24, 2.45) is 11.7 Å². The van der Waals surface area contributed by atoms with Crippen molar-refractivity contribution in [2.45, 2.75) is 51.5 Å². The summed E-state index contributed by atoms with van der Waals surface area (Å²) in [5, 5.41) is 0. The molecule has 1 aliphatic carbocycles. The first-order valence-electron chi connectivity index (χ1n) is 6.57. The highest BCUT2D eigenvalue weighted by molar-refractivity contribution is 7.89. The van der Waals surface area contributed by atoms with E-state index >= 15 is 0 Å². The lowest BCUT2D eigenvalue weighted by Gasteiger charge is -2.28. The van der Waals surface area contributed by atoms with Crippen LogP contribution in [0.5, 0.6) is 0 Å². The van der Waals surface area contributed by atoms with Crippen molar-refractivity contribution < 1.29 is 8.42 Å². The van der Waals surface area contributed by atoms with Crippen LogP contribution in [0.15, 0.2) is 0 Å².